The number of ether oxygens (including phenoxy) is 2. The molecule has 0 radical (unpaired) electrons. The van der Waals surface area contributed by atoms with Crippen molar-refractivity contribution in [2.45, 2.75) is 32.7 Å². The Morgan fingerprint density at radius 1 is 1.29 bits per heavy atom. The van der Waals surface area contributed by atoms with E-state index in [2.05, 4.69) is 20.9 Å². The highest BCUT2D eigenvalue weighted by Gasteiger charge is 2.13. The number of hydrogen-bond acceptors (Lipinski definition) is 5. The van der Waals surface area contributed by atoms with Gasteiger partial charge in [0.15, 0.2) is 5.96 Å². The van der Waals surface area contributed by atoms with Crippen LogP contribution in [0.15, 0.2) is 27.8 Å². The van der Waals surface area contributed by atoms with Crippen LogP contribution >= 0.6 is 24.0 Å². The van der Waals surface area contributed by atoms with Gasteiger partial charge in [0.2, 0.25) is 5.91 Å². The van der Waals surface area contributed by atoms with Gasteiger partial charge in [0.25, 0.3) is 0 Å². The quantitative estimate of drug-likeness (QED) is 0.183. The Bertz CT molecular complexity index is 548. The van der Waals surface area contributed by atoms with Crippen molar-refractivity contribution < 1.29 is 18.7 Å². The van der Waals surface area contributed by atoms with Gasteiger partial charge in [-0.25, -0.2) is 4.99 Å². The van der Waals surface area contributed by atoms with Crippen LogP contribution in [0.5, 0.6) is 0 Å². The van der Waals surface area contributed by atoms with Crippen LogP contribution in [0, 0.1) is 5.92 Å². The van der Waals surface area contributed by atoms with Crippen LogP contribution in [0.25, 0.3) is 0 Å². The van der Waals surface area contributed by atoms with E-state index in [-0.39, 0.29) is 36.4 Å². The van der Waals surface area contributed by atoms with Gasteiger partial charge in [0, 0.05) is 39.5 Å². The normalized spacial score (nSPS) is 15.0. The fourth-order valence-electron chi connectivity index (χ4n) is 2.69. The molecule has 1 amide bonds. The van der Waals surface area contributed by atoms with Gasteiger partial charge in [0.1, 0.15) is 12.3 Å². The molecule has 9 heteroatoms. The van der Waals surface area contributed by atoms with Gasteiger partial charge in [-0.3, -0.25) is 4.79 Å². The summed E-state index contributed by atoms with van der Waals surface area (Å²) in [6.07, 6.45) is 4.66. The van der Waals surface area contributed by atoms with E-state index >= 15 is 0 Å². The van der Waals surface area contributed by atoms with E-state index in [1.165, 1.54) is 0 Å². The molecule has 1 fully saturated rings. The highest BCUT2D eigenvalue weighted by atomic mass is 127. The summed E-state index contributed by atoms with van der Waals surface area (Å²) in [5.41, 5.74) is 0. The molecule has 1 aliphatic heterocycles. The van der Waals surface area contributed by atoms with Crippen molar-refractivity contribution in [3.05, 3.63) is 24.2 Å². The van der Waals surface area contributed by atoms with Crippen molar-refractivity contribution in [1.29, 1.82) is 0 Å². The molecule has 8 nitrogen and oxygen atoms in total. The van der Waals surface area contributed by atoms with Gasteiger partial charge >= 0.3 is 0 Å². The first kappa shape index (κ1) is 24.7. The highest BCUT2D eigenvalue weighted by Crippen LogP contribution is 2.14. The third-order valence-electron chi connectivity index (χ3n) is 4.22. The minimum absolute atomic E-state index is 0. The predicted octanol–water partition coefficient (Wildman–Crippen LogP) is 1.90. The van der Waals surface area contributed by atoms with Crippen molar-refractivity contribution in [3.8, 4) is 0 Å². The molecule has 28 heavy (non-hydrogen) atoms. The van der Waals surface area contributed by atoms with Gasteiger partial charge in [-0.1, -0.05) is 0 Å². The number of rotatable bonds is 11. The second-order valence-electron chi connectivity index (χ2n) is 6.46. The number of hydrogen-bond donors (Lipinski definition) is 3. The number of aliphatic imine (C=N–C) groups is 1. The molecule has 1 aromatic heterocycles. The van der Waals surface area contributed by atoms with Gasteiger partial charge < -0.3 is 29.8 Å². The summed E-state index contributed by atoms with van der Waals surface area (Å²) in [4.78, 5) is 16.2. The number of furan rings is 1. The lowest BCUT2D eigenvalue weighted by Gasteiger charge is -2.21. The van der Waals surface area contributed by atoms with Crippen molar-refractivity contribution >= 4 is 35.8 Å². The second-order valence-corrected chi connectivity index (χ2v) is 6.46. The van der Waals surface area contributed by atoms with Crippen LogP contribution in [0.1, 0.15) is 31.9 Å². The third kappa shape index (κ3) is 10.9. The van der Waals surface area contributed by atoms with Gasteiger partial charge in [0.05, 0.1) is 12.8 Å². The average Bonchev–Trinajstić information content (AvgIpc) is 3.21. The van der Waals surface area contributed by atoms with Crippen molar-refractivity contribution in [1.82, 2.24) is 16.0 Å². The van der Waals surface area contributed by atoms with Crippen molar-refractivity contribution in [2.75, 3.05) is 46.1 Å². The van der Waals surface area contributed by atoms with E-state index in [0.29, 0.717) is 25.0 Å². The third-order valence-corrected chi connectivity index (χ3v) is 4.22. The summed E-state index contributed by atoms with van der Waals surface area (Å²) >= 11 is 0. The highest BCUT2D eigenvalue weighted by molar-refractivity contribution is 14.0. The van der Waals surface area contributed by atoms with Gasteiger partial charge in [-0.15, -0.1) is 24.0 Å². The molecule has 0 aromatic carbocycles. The van der Waals surface area contributed by atoms with Gasteiger partial charge in [-0.05, 0) is 44.2 Å². The largest absolute Gasteiger partial charge is 0.467 e. The standard InChI is InChI=1S/C19H32N4O4.HI/c1-2-20-19(23-14-18(24)22-13-17-5-3-10-27-17)21-8-4-9-26-15-16-6-11-25-12-7-16;/h3,5,10,16H,2,4,6-9,11-15H2,1H3,(H,22,24)(H2,20,21,23);1H. The fraction of sp³-hybridized carbons (Fsp3) is 0.684. The Labute approximate surface area is 184 Å². The summed E-state index contributed by atoms with van der Waals surface area (Å²) < 4.78 is 16.3. The number of carbonyl (C=O) groups excluding carboxylic acids is 1. The van der Waals surface area contributed by atoms with Crippen molar-refractivity contribution in [2.24, 2.45) is 10.9 Å². The zero-order chi connectivity index (χ0) is 19.2. The molecule has 1 aromatic rings. The van der Waals surface area contributed by atoms with Crippen LogP contribution in [0.4, 0.5) is 0 Å². The molecule has 160 valence electrons. The summed E-state index contributed by atoms with van der Waals surface area (Å²) in [6, 6.07) is 3.61. The fourth-order valence-corrected chi connectivity index (χ4v) is 2.69. The number of nitrogens with one attached hydrogen (secondary N) is 3. The van der Waals surface area contributed by atoms with E-state index in [0.717, 1.165) is 57.9 Å². The number of halogens is 1. The van der Waals surface area contributed by atoms with Crippen molar-refractivity contribution in [3.63, 3.8) is 0 Å². The molecule has 3 N–H and O–H groups in total. The smallest absolute Gasteiger partial charge is 0.242 e. The molecule has 0 aliphatic carbocycles. The predicted molar refractivity (Wildman–Crippen MR) is 119 cm³/mol. The zero-order valence-electron chi connectivity index (χ0n) is 16.6. The van der Waals surface area contributed by atoms with Crippen LogP contribution in [-0.2, 0) is 20.8 Å². The molecule has 2 rings (SSSR count). The molecule has 2 heterocycles. The Morgan fingerprint density at radius 3 is 2.82 bits per heavy atom. The Morgan fingerprint density at radius 2 is 2.11 bits per heavy atom. The number of amides is 1. The maximum Gasteiger partial charge on any atom is 0.242 e. The van der Waals surface area contributed by atoms with E-state index in [9.17, 15) is 4.79 Å². The first-order valence-electron chi connectivity index (χ1n) is 9.74. The lowest BCUT2D eigenvalue weighted by atomic mass is 10.0. The molecule has 0 spiro atoms. The Balaban J connectivity index is 0.00000392. The summed E-state index contributed by atoms with van der Waals surface area (Å²) in [5.74, 6) is 1.84. The molecule has 0 atom stereocenters. The SMILES string of the molecule is CCNC(=NCC(=O)NCc1ccco1)NCCCOCC1CCOCC1.I. The molecule has 0 saturated carbocycles. The number of carbonyl (C=O) groups is 1. The van der Waals surface area contributed by atoms with Gasteiger partial charge in [-0.2, -0.15) is 0 Å². The molecule has 1 aliphatic rings. The zero-order valence-corrected chi connectivity index (χ0v) is 18.9. The first-order chi connectivity index (χ1) is 13.3. The molecular weight excluding hydrogens is 475 g/mol. The van der Waals surface area contributed by atoms with Crippen LogP contribution in [-0.4, -0.2) is 57.9 Å². The van der Waals surface area contributed by atoms with Crippen LogP contribution in [0.3, 0.4) is 0 Å². The average molecular weight is 508 g/mol. The molecule has 1 saturated heterocycles. The lowest BCUT2D eigenvalue weighted by Crippen LogP contribution is -2.39. The summed E-state index contributed by atoms with van der Waals surface area (Å²) in [6.45, 7) is 7.14. The first-order valence-corrected chi connectivity index (χ1v) is 9.74. The van der Waals surface area contributed by atoms with Crippen LogP contribution in [0.2, 0.25) is 0 Å². The monoisotopic (exact) mass is 508 g/mol. The Kier molecular flexibility index (Phi) is 13.7. The lowest BCUT2D eigenvalue weighted by molar-refractivity contribution is -0.119. The molecule has 0 unspecified atom stereocenters. The van der Waals surface area contributed by atoms with E-state index in [1.807, 2.05) is 13.0 Å². The van der Waals surface area contributed by atoms with E-state index in [1.54, 1.807) is 12.3 Å². The summed E-state index contributed by atoms with van der Waals surface area (Å²) in [7, 11) is 0. The van der Waals surface area contributed by atoms with E-state index < -0.39 is 0 Å². The second kappa shape index (κ2) is 15.6. The minimum Gasteiger partial charge on any atom is -0.467 e. The maximum atomic E-state index is 11.9. The molecular formula is C19H33IN4O4. The minimum atomic E-state index is -0.150. The maximum absolute atomic E-state index is 11.9. The Hall–Kier alpha value is -1.33. The summed E-state index contributed by atoms with van der Waals surface area (Å²) in [5, 5.41) is 9.13. The number of guanidine groups is 1. The topological polar surface area (TPSA) is 97.1 Å². The van der Waals surface area contributed by atoms with E-state index in [4.69, 9.17) is 13.9 Å². The van der Waals surface area contributed by atoms with Crippen LogP contribution < -0.4 is 16.0 Å². The number of nitrogens with zero attached hydrogens (tertiary/aromatic N) is 1. The molecule has 0 bridgehead atoms.